The highest BCUT2D eigenvalue weighted by atomic mass is 16.4. The maximum atomic E-state index is 11.6. The zero-order chi connectivity index (χ0) is 18.0. The molecule has 0 bridgehead atoms. The molecule has 0 unspecified atom stereocenters. The number of aromatic nitrogens is 2. The number of rotatable bonds is 6. The van der Waals surface area contributed by atoms with Gasteiger partial charge in [0, 0.05) is 43.5 Å². The molecular weight excluding hydrogens is 322 g/mol. The minimum atomic E-state index is -0.967. The SMILES string of the molecule is C=CCn1nc(C(=O)O)c2c1CC[C@H](N1CCN(CC(N)=O)CC1)C2. The highest BCUT2D eigenvalue weighted by molar-refractivity contribution is 5.87. The van der Waals surface area contributed by atoms with Crippen LogP contribution in [-0.4, -0.2) is 75.3 Å². The molecule has 1 saturated heterocycles. The lowest BCUT2D eigenvalue weighted by Gasteiger charge is -2.40. The molecule has 1 atom stereocenters. The number of hydrogen-bond donors (Lipinski definition) is 2. The number of primary amides is 1. The monoisotopic (exact) mass is 347 g/mol. The Morgan fingerprint density at radius 3 is 2.64 bits per heavy atom. The molecule has 8 nitrogen and oxygen atoms in total. The van der Waals surface area contributed by atoms with E-state index in [4.69, 9.17) is 5.73 Å². The number of allylic oxidation sites excluding steroid dienone is 1. The molecule has 1 aliphatic heterocycles. The van der Waals surface area contributed by atoms with Gasteiger partial charge in [0.1, 0.15) is 0 Å². The van der Waals surface area contributed by atoms with Crippen molar-refractivity contribution in [1.29, 1.82) is 0 Å². The number of amides is 1. The highest BCUT2D eigenvalue weighted by Crippen LogP contribution is 2.28. The molecule has 8 heteroatoms. The summed E-state index contributed by atoms with van der Waals surface area (Å²) in [5.41, 5.74) is 7.33. The predicted molar refractivity (Wildman–Crippen MR) is 92.4 cm³/mol. The second kappa shape index (κ2) is 7.37. The van der Waals surface area contributed by atoms with Crippen molar-refractivity contribution in [3.8, 4) is 0 Å². The predicted octanol–water partition coefficient (Wildman–Crippen LogP) is -0.272. The fourth-order valence-electron chi connectivity index (χ4n) is 3.93. The Bertz CT molecular complexity index is 676. The zero-order valence-electron chi connectivity index (χ0n) is 14.4. The largest absolute Gasteiger partial charge is 0.476 e. The molecule has 136 valence electrons. The smallest absolute Gasteiger partial charge is 0.356 e. The summed E-state index contributed by atoms with van der Waals surface area (Å²) in [6, 6.07) is 0.322. The van der Waals surface area contributed by atoms with Crippen molar-refractivity contribution >= 4 is 11.9 Å². The van der Waals surface area contributed by atoms with E-state index < -0.39 is 5.97 Å². The molecule has 2 heterocycles. The molecule has 3 N–H and O–H groups in total. The fourth-order valence-corrected chi connectivity index (χ4v) is 3.93. The fraction of sp³-hybridized carbons (Fsp3) is 0.588. The van der Waals surface area contributed by atoms with Gasteiger partial charge < -0.3 is 10.8 Å². The van der Waals surface area contributed by atoms with Gasteiger partial charge in [-0.05, 0) is 19.3 Å². The van der Waals surface area contributed by atoms with Crippen LogP contribution in [-0.2, 0) is 24.2 Å². The standard InChI is InChI=1S/C17H25N5O3/c1-2-5-22-14-4-3-12(10-13(14)16(19-22)17(24)25)21-8-6-20(7-9-21)11-15(18)23/h2,12H,1,3-11H2,(H2,18,23)(H,24,25)/t12-/m0/s1. The Morgan fingerprint density at radius 1 is 1.32 bits per heavy atom. The molecular formula is C17H25N5O3. The Morgan fingerprint density at radius 2 is 2.04 bits per heavy atom. The van der Waals surface area contributed by atoms with Crippen molar-refractivity contribution < 1.29 is 14.7 Å². The summed E-state index contributed by atoms with van der Waals surface area (Å²) in [6.07, 6.45) is 4.27. The number of aromatic carboxylic acids is 1. The van der Waals surface area contributed by atoms with E-state index in [-0.39, 0.29) is 11.6 Å². The van der Waals surface area contributed by atoms with Crippen LogP contribution in [0.2, 0.25) is 0 Å². The number of fused-ring (bicyclic) bond motifs is 1. The van der Waals surface area contributed by atoms with Crippen molar-refractivity contribution in [2.24, 2.45) is 5.73 Å². The van der Waals surface area contributed by atoms with Crippen LogP contribution in [0.4, 0.5) is 0 Å². The number of carboxylic acids is 1. The van der Waals surface area contributed by atoms with Crippen LogP contribution in [0.5, 0.6) is 0 Å². The van der Waals surface area contributed by atoms with Gasteiger partial charge in [0.15, 0.2) is 5.69 Å². The van der Waals surface area contributed by atoms with Crippen molar-refractivity contribution in [2.45, 2.75) is 31.8 Å². The number of carboxylic acid groups (broad SMARTS) is 1. The number of nitrogens with zero attached hydrogens (tertiary/aromatic N) is 4. The molecule has 1 fully saturated rings. The Balaban J connectivity index is 1.70. The molecule has 1 amide bonds. The topological polar surface area (TPSA) is 105 Å². The third-order valence-corrected chi connectivity index (χ3v) is 5.13. The van der Waals surface area contributed by atoms with E-state index in [1.54, 1.807) is 10.8 Å². The molecule has 0 saturated carbocycles. The summed E-state index contributed by atoms with van der Waals surface area (Å²) in [5, 5.41) is 13.7. The van der Waals surface area contributed by atoms with Crippen molar-refractivity contribution in [3.63, 3.8) is 0 Å². The quantitative estimate of drug-likeness (QED) is 0.686. The Hall–Kier alpha value is -2.19. The summed E-state index contributed by atoms with van der Waals surface area (Å²) >= 11 is 0. The van der Waals surface area contributed by atoms with Gasteiger partial charge in [0.2, 0.25) is 5.91 Å². The molecule has 2 aliphatic rings. The number of carbonyl (C=O) groups excluding carboxylic acids is 1. The molecule has 0 aromatic carbocycles. The highest BCUT2D eigenvalue weighted by Gasteiger charge is 2.32. The van der Waals surface area contributed by atoms with Crippen molar-refractivity contribution in [2.75, 3.05) is 32.7 Å². The second-order valence-electron chi connectivity index (χ2n) is 6.72. The van der Waals surface area contributed by atoms with Gasteiger partial charge >= 0.3 is 5.97 Å². The van der Waals surface area contributed by atoms with Crippen molar-refractivity contribution in [3.05, 3.63) is 29.6 Å². The summed E-state index contributed by atoms with van der Waals surface area (Å²) in [7, 11) is 0. The first-order valence-electron chi connectivity index (χ1n) is 8.67. The Labute approximate surface area is 146 Å². The molecule has 1 aliphatic carbocycles. The van der Waals surface area contributed by atoms with Crippen LogP contribution in [0.15, 0.2) is 12.7 Å². The average molecular weight is 347 g/mol. The van der Waals surface area contributed by atoms with Crippen molar-refractivity contribution in [1.82, 2.24) is 19.6 Å². The van der Waals surface area contributed by atoms with E-state index in [1.165, 1.54) is 0 Å². The van der Waals surface area contributed by atoms with Gasteiger partial charge in [0.25, 0.3) is 0 Å². The molecule has 1 aromatic heterocycles. The van der Waals surface area contributed by atoms with Crippen LogP contribution in [0, 0.1) is 0 Å². The van der Waals surface area contributed by atoms with Gasteiger partial charge in [-0.2, -0.15) is 5.10 Å². The van der Waals surface area contributed by atoms with E-state index in [2.05, 4.69) is 21.5 Å². The number of nitrogens with two attached hydrogens (primary N) is 1. The molecule has 0 radical (unpaired) electrons. The molecule has 1 aromatic rings. The minimum absolute atomic E-state index is 0.175. The number of piperazine rings is 1. The van der Waals surface area contributed by atoms with Crippen LogP contribution in [0.1, 0.15) is 28.2 Å². The zero-order valence-corrected chi connectivity index (χ0v) is 14.4. The van der Waals surface area contributed by atoms with Gasteiger partial charge in [-0.3, -0.25) is 19.3 Å². The summed E-state index contributed by atoms with van der Waals surface area (Å²) in [6.45, 7) is 7.93. The van der Waals surface area contributed by atoms with E-state index >= 15 is 0 Å². The summed E-state index contributed by atoms with van der Waals surface area (Å²) < 4.78 is 1.77. The van der Waals surface area contributed by atoms with Crippen LogP contribution < -0.4 is 5.73 Å². The minimum Gasteiger partial charge on any atom is -0.476 e. The Kier molecular flexibility index (Phi) is 5.19. The number of hydrogen-bond acceptors (Lipinski definition) is 5. The summed E-state index contributed by atoms with van der Waals surface area (Å²) in [4.78, 5) is 27.1. The lowest BCUT2D eigenvalue weighted by atomic mass is 9.90. The second-order valence-corrected chi connectivity index (χ2v) is 6.72. The lowest BCUT2D eigenvalue weighted by Crippen LogP contribution is -2.53. The molecule has 3 rings (SSSR count). The van der Waals surface area contributed by atoms with Crippen LogP contribution in [0.3, 0.4) is 0 Å². The van der Waals surface area contributed by atoms with Crippen LogP contribution in [0.25, 0.3) is 0 Å². The van der Waals surface area contributed by atoms with E-state index in [1.807, 2.05) is 0 Å². The molecule has 25 heavy (non-hydrogen) atoms. The third-order valence-electron chi connectivity index (χ3n) is 5.13. The van der Waals surface area contributed by atoms with Gasteiger partial charge in [0.05, 0.1) is 13.1 Å². The third kappa shape index (κ3) is 3.74. The van der Waals surface area contributed by atoms with E-state index in [9.17, 15) is 14.7 Å². The van der Waals surface area contributed by atoms with E-state index in [0.29, 0.717) is 25.6 Å². The normalized spacial score (nSPS) is 21.7. The summed E-state index contributed by atoms with van der Waals surface area (Å²) in [5.74, 6) is -1.26. The number of carbonyl (C=O) groups is 2. The van der Waals surface area contributed by atoms with Gasteiger partial charge in [-0.25, -0.2) is 4.79 Å². The van der Waals surface area contributed by atoms with Gasteiger partial charge in [-0.15, -0.1) is 6.58 Å². The maximum absolute atomic E-state index is 11.6. The van der Waals surface area contributed by atoms with Crippen LogP contribution >= 0.6 is 0 Å². The average Bonchev–Trinajstić information content (AvgIpc) is 2.94. The lowest BCUT2D eigenvalue weighted by molar-refractivity contribution is -0.119. The maximum Gasteiger partial charge on any atom is 0.356 e. The van der Waals surface area contributed by atoms with E-state index in [0.717, 1.165) is 50.3 Å². The van der Waals surface area contributed by atoms with Gasteiger partial charge in [-0.1, -0.05) is 6.08 Å². The first-order chi connectivity index (χ1) is 12.0. The molecule has 0 spiro atoms. The first-order valence-corrected chi connectivity index (χ1v) is 8.67. The first kappa shape index (κ1) is 17.6.